The van der Waals surface area contributed by atoms with Crippen LogP contribution in [-0.2, 0) is 10.1 Å². The summed E-state index contributed by atoms with van der Waals surface area (Å²) in [6.45, 7) is 0. The smallest absolute Gasteiger partial charge is 0.343 e. The van der Waals surface area contributed by atoms with Crippen LogP contribution < -0.4 is 13.7 Å². The van der Waals surface area contributed by atoms with Gasteiger partial charge in [0.15, 0.2) is 10.6 Å². The van der Waals surface area contributed by atoms with Crippen LogP contribution in [0, 0.1) is 0 Å². The van der Waals surface area contributed by atoms with Crippen LogP contribution in [0.2, 0.25) is 0 Å². The molecule has 0 aliphatic heterocycles. The van der Waals surface area contributed by atoms with Gasteiger partial charge in [-0.2, -0.15) is 8.42 Å². The number of rotatable bonds is 5. The highest BCUT2D eigenvalue weighted by atomic mass is 32.2. The summed E-state index contributed by atoms with van der Waals surface area (Å²) >= 11 is 0. The summed E-state index contributed by atoms with van der Waals surface area (Å²) in [6.07, 6.45) is 0. The van der Waals surface area contributed by atoms with Gasteiger partial charge in [0.1, 0.15) is 11.5 Å². The highest BCUT2D eigenvalue weighted by Crippen LogP contribution is 2.33. The molecule has 0 spiro atoms. The van der Waals surface area contributed by atoms with E-state index >= 15 is 0 Å². The van der Waals surface area contributed by atoms with E-state index in [1.54, 1.807) is 18.2 Å². The molecule has 24 heavy (non-hydrogen) atoms. The standard InChI is InChI=1S/C18H16O5S/c1-21-14-10-11-17(22-2)18(12-14)24(19,20)23-16-9-5-7-13-6-3-4-8-15(13)16/h3-12H,1-2H3. The zero-order valence-electron chi connectivity index (χ0n) is 13.2. The van der Waals surface area contributed by atoms with Crippen LogP contribution in [0.4, 0.5) is 0 Å². The molecule has 3 aromatic carbocycles. The normalized spacial score (nSPS) is 11.2. The minimum atomic E-state index is -4.09. The van der Waals surface area contributed by atoms with Crippen molar-refractivity contribution in [3.63, 3.8) is 0 Å². The van der Waals surface area contributed by atoms with Gasteiger partial charge in [0.25, 0.3) is 0 Å². The first-order valence-electron chi connectivity index (χ1n) is 7.19. The molecule has 124 valence electrons. The molecular formula is C18H16O5S. The average molecular weight is 344 g/mol. The summed E-state index contributed by atoms with van der Waals surface area (Å²) < 4.78 is 41.1. The Morgan fingerprint density at radius 2 is 1.54 bits per heavy atom. The largest absolute Gasteiger partial charge is 0.497 e. The highest BCUT2D eigenvalue weighted by molar-refractivity contribution is 7.87. The average Bonchev–Trinajstić information content (AvgIpc) is 2.61. The lowest BCUT2D eigenvalue weighted by Crippen LogP contribution is -2.11. The second-order valence-electron chi connectivity index (χ2n) is 5.03. The molecule has 0 aromatic heterocycles. The Kier molecular flexibility index (Phi) is 4.31. The van der Waals surface area contributed by atoms with Crippen LogP contribution in [0.3, 0.4) is 0 Å². The lowest BCUT2D eigenvalue weighted by atomic mass is 10.1. The van der Waals surface area contributed by atoms with Crippen LogP contribution in [0.5, 0.6) is 17.2 Å². The Balaban J connectivity index is 2.08. The van der Waals surface area contributed by atoms with Gasteiger partial charge in [0.05, 0.1) is 14.2 Å². The molecule has 0 aliphatic rings. The minimum Gasteiger partial charge on any atom is -0.497 e. The van der Waals surface area contributed by atoms with Crippen molar-refractivity contribution in [3.8, 4) is 17.2 Å². The van der Waals surface area contributed by atoms with Crippen molar-refractivity contribution in [2.24, 2.45) is 0 Å². The highest BCUT2D eigenvalue weighted by Gasteiger charge is 2.23. The molecule has 6 heteroatoms. The third kappa shape index (κ3) is 3.00. The molecule has 0 fully saturated rings. The first-order valence-corrected chi connectivity index (χ1v) is 8.60. The third-order valence-electron chi connectivity index (χ3n) is 3.59. The Labute approximate surface area is 140 Å². The molecule has 0 unspecified atom stereocenters. The molecule has 0 atom stereocenters. The predicted molar refractivity (Wildman–Crippen MR) is 91.3 cm³/mol. The number of hydrogen-bond donors (Lipinski definition) is 0. The molecule has 0 bridgehead atoms. The number of hydrogen-bond acceptors (Lipinski definition) is 5. The zero-order valence-corrected chi connectivity index (χ0v) is 14.0. The van der Waals surface area contributed by atoms with Crippen molar-refractivity contribution >= 4 is 20.9 Å². The second kappa shape index (κ2) is 6.41. The summed E-state index contributed by atoms with van der Waals surface area (Å²) in [5.74, 6) is 0.852. The van der Waals surface area contributed by atoms with E-state index in [2.05, 4.69) is 0 Å². The van der Waals surface area contributed by atoms with Gasteiger partial charge in [-0.25, -0.2) is 0 Å². The molecule has 0 amide bonds. The van der Waals surface area contributed by atoms with Gasteiger partial charge in [-0.3, -0.25) is 0 Å². The van der Waals surface area contributed by atoms with Crippen LogP contribution in [0.15, 0.2) is 65.6 Å². The maximum Gasteiger partial charge on any atom is 0.343 e. The predicted octanol–water partition coefficient (Wildman–Crippen LogP) is 3.62. The van der Waals surface area contributed by atoms with Crippen molar-refractivity contribution < 1.29 is 22.1 Å². The van der Waals surface area contributed by atoms with Gasteiger partial charge in [-0.15, -0.1) is 0 Å². The molecule has 0 saturated heterocycles. The molecule has 5 nitrogen and oxygen atoms in total. The summed E-state index contributed by atoms with van der Waals surface area (Å²) in [6, 6.07) is 17.2. The maximum atomic E-state index is 12.7. The fourth-order valence-electron chi connectivity index (χ4n) is 2.41. The Morgan fingerprint density at radius 3 is 2.29 bits per heavy atom. The Morgan fingerprint density at radius 1 is 0.792 bits per heavy atom. The minimum absolute atomic E-state index is 0.0858. The second-order valence-corrected chi connectivity index (χ2v) is 6.55. The number of methoxy groups -OCH3 is 2. The van der Waals surface area contributed by atoms with Crippen molar-refractivity contribution in [2.75, 3.05) is 14.2 Å². The van der Waals surface area contributed by atoms with Crippen molar-refractivity contribution in [3.05, 3.63) is 60.7 Å². The Hall–Kier alpha value is -2.73. The number of benzene rings is 3. The molecule has 0 radical (unpaired) electrons. The SMILES string of the molecule is COc1ccc(OC)c(S(=O)(=O)Oc2cccc3ccccc23)c1. The fourth-order valence-corrected chi connectivity index (χ4v) is 3.54. The van der Waals surface area contributed by atoms with Crippen molar-refractivity contribution in [1.82, 2.24) is 0 Å². The molecule has 3 aromatic rings. The van der Waals surface area contributed by atoms with Crippen LogP contribution >= 0.6 is 0 Å². The third-order valence-corrected chi connectivity index (χ3v) is 4.85. The van der Waals surface area contributed by atoms with Gasteiger partial charge in [-0.1, -0.05) is 36.4 Å². The summed E-state index contributed by atoms with van der Waals surface area (Å²) in [4.78, 5) is -0.0858. The van der Waals surface area contributed by atoms with E-state index in [0.717, 1.165) is 5.39 Å². The zero-order chi connectivity index (χ0) is 17.2. The topological polar surface area (TPSA) is 61.8 Å². The van der Waals surface area contributed by atoms with E-state index in [4.69, 9.17) is 13.7 Å². The lowest BCUT2D eigenvalue weighted by molar-refractivity contribution is 0.388. The van der Waals surface area contributed by atoms with Gasteiger partial charge < -0.3 is 13.7 Å². The monoisotopic (exact) mass is 344 g/mol. The van der Waals surface area contributed by atoms with E-state index in [1.165, 1.54) is 26.4 Å². The summed E-state index contributed by atoms with van der Waals surface area (Å²) in [7, 11) is -1.22. The Bertz CT molecular complexity index is 974. The molecule has 0 heterocycles. The van der Waals surface area contributed by atoms with Crippen molar-refractivity contribution in [1.29, 1.82) is 0 Å². The van der Waals surface area contributed by atoms with Gasteiger partial charge in [0.2, 0.25) is 0 Å². The van der Waals surface area contributed by atoms with Gasteiger partial charge >= 0.3 is 10.1 Å². The van der Waals surface area contributed by atoms with E-state index in [1.807, 2.05) is 30.3 Å². The maximum absolute atomic E-state index is 12.7. The fraction of sp³-hybridized carbons (Fsp3) is 0.111. The van der Waals surface area contributed by atoms with E-state index in [9.17, 15) is 8.42 Å². The number of fused-ring (bicyclic) bond motifs is 1. The molecule has 0 aliphatic carbocycles. The quantitative estimate of drug-likeness (QED) is 0.662. The summed E-state index contributed by atoms with van der Waals surface area (Å²) in [5, 5.41) is 1.60. The molecule has 3 rings (SSSR count). The molecule has 0 saturated carbocycles. The van der Waals surface area contributed by atoms with Gasteiger partial charge in [0, 0.05) is 11.5 Å². The van der Waals surface area contributed by atoms with E-state index in [-0.39, 0.29) is 16.4 Å². The van der Waals surface area contributed by atoms with E-state index < -0.39 is 10.1 Å². The lowest BCUT2D eigenvalue weighted by Gasteiger charge is -2.13. The summed E-state index contributed by atoms with van der Waals surface area (Å²) in [5.41, 5.74) is 0. The number of ether oxygens (including phenoxy) is 2. The van der Waals surface area contributed by atoms with Crippen LogP contribution in [-0.4, -0.2) is 22.6 Å². The van der Waals surface area contributed by atoms with Crippen LogP contribution in [0.25, 0.3) is 10.8 Å². The molecular weight excluding hydrogens is 328 g/mol. The van der Waals surface area contributed by atoms with Crippen LogP contribution in [0.1, 0.15) is 0 Å². The van der Waals surface area contributed by atoms with Gasteiger partial charge in [-0.05, 0) is 23.6 Å². The van der Waals surface area contributed by atoms with Crippen molar-refractivity contribution in [2.45, 2.75) is 4.90 Å². The first-order chi connectivity index (χ1) is 11.5. The van der Waals surface area contributed by atoms with E-state index in [0.29, 0.717) is 11.1 Å². The molecule has 0 N–H and O–H groups in total. The first kappa shape index (κ1) is 16.1.